The van der Waals surface area contributed by atoms with Crippen LogP contribution < -0.4 is 0 Å². The zero-order valence-electron chi connectivity index (χ0n) is 11.9. The molecule has 2 aromatic rings. The van der Waals surface area contributed by atoms with Crippen molar-refractivity contribution in [3.8, 4) is 0 Å². The maximum Gasteiger partial charge on any atom is 0.257 e. The number of aromatic nitrogens is 1. The molecule has 0 aliphatic carbocycles. The van der Waals surface area contributed by atoms with Crippen molar-refractivity contribution >= 4 is 21.8 Å². The number of amides is 1. The van der Waals surface area contributed by atoms with Crippen molar-refractivity contribution in [1.82, 2.24) is 9.88 Å². The van der Waals surface area contributed by atoms with Gasteiger partial charge in [0.1, 0.15) is 5.82 Å². The molecule has 0 aliphatic rings. The number of nitrogens with zero attached hydrogens (tertiary/aromatic N) is 2. The van der Waals surface area contributed by atoms with Gasteiger partial charge < -0.3 is 4.90 Å². The zero-order chi connectivity index (χ0) is 15.4. The summed E-state index contributed by atoms with van der Waals surface area (Å²) in [4.78, 5) is 18.4. The molecule has 0 bridgehead atoms. The standard InChI is InChI=1S/C16H16BrFN2O/c1-3-20(10-13-6-4-5-11(2)19-13)16(21)14-9-12(17)7-8-15(14)18/h4-9H,3,10H2,1-2H3. The topological polar surface area (TPSA) is 33.2 Å². The largest absolute Gasteiger partial charge is 0.333 e. The Morgan fingerprint density at radius 1 is 1.33 bits per heavy atom. The summed E-state index contributed by atoms with van der Waals surface area (Å²) in [5.74, 6) is -0.849. The number of benzene rings is 1. The van der Waals surface area contributed by atoms with Crippen molar-refractivity contribution in [2.45, 2.75) is 20.4 Å². The molecule has 0 radical (unpaired) electrons. The number of rotatable bonds is 4. The van der Waals surface area contributed by atoms with Gasteiger partial charge in [-0.15, -0.1) is 0 Å². The summed E-state index contributed by atoms with van der Waals surface area (Å²) in [6, 6.07) is 10.0. The maximum absolute atomic E-state index is 13.8. The lowest BCUT2D eigenvalue weighted by atomic mass is 10.1. The number of aryl methyl sites for hydroxylation is 1. The van der Waals surface area contributed by atoms with Gasteiger partial charge in [0.2, 0.25) is 0 Å². The highest BCUT2D eigenvalue weighted by atomic mass is 79.9. The molecule has 0 atom stereocenters. The van der Waals surface area contributed by atoms with E-state index in [1.54, 1.807) is 11.0 Å². The molecule has 1 aromatic carbocycles. The molecule has 0 saturated carbocycles. The fourth-order valence-electron chi connectivity index (χ4n) is 2.04. The van der Waals surface area contributed by atoms with Gasteiger partial charge >= 0.3 is 0 Å². The van der Waals surface area contributed by atoms with Gasteiger partial charge in [-0.05, 0) is 44.2 Å². The smallest absolute Gasteiger partial charge is 0.257 e. The molecule has 0 saturated heterocycles. The molecule has 0 spiro atoms. The highest BCUT2D eigenvalue weighted by Gasteiger charge is 2.19. The summed E-state index contributed by atoms with van der Waals surface area (Å²) in [6.07, 6.45) is 0. The van der Waals surface area contributed by atoms with Crippen molar-refractivity contribution < 1.29 is 9.18 Å². The van der Waals surface area contributed by atoms with Gasteiger partial charge in [0.25, 0.3) is 5.91 Å². The van der Waals surface area contributed by atoms with Crippen molar-refractivity contribution in [1.29, 1.82) is 0 Å². The molecule has 2 rings (SSSR count). The van der Waals surface area contributed by atoms with E-state index in [-0.39, 0.29) is 11.5 Å². The molecule has 0 N–H and O–H groups in total. The second-order valence-corrected chi connectivity index (χ2v) is 5.63. The van der Waals surface area contributed by atoms with E-state index < -0.39 is 5.82 Å². The van der Waals surface area contributed by atoms with E-state index in [0.29, 0.717) is 17.6 Å². The summed E-state index contributed by atoms with van der Waals surface area (Å²) < 4.78 is 14.5. The van der Waals surface area contributed by atoms with Gasteiger partial charge in [-0.25, -0.2) is 4.39 Å². The molecule has 110 valence electrons. The summed E-state index contributed by atoms with van der Waals surface area (Å²) in [5, 5.41) is 0. The van der Waals surface area contributed by atoms with E-state index in [2.05, 4.69) is 20.9 Å². The summed E-state index contributed by atoms with van der Waals surface area (Å²) in [7, 11) is 0. The second kappa shape index (κ2) is 6.80. The molecule has 0 aliphatic heterocycles. The quantitative estimate of drug-likeness (QED) is 0.836. The van der Waals surface area contributed by atoms with E-state index in [0.717, 1.165) is 11.4 Å². The minimum atomic E-state index is -0.515. The van der Waals surface area contributed by atoms with Crippen molar-refractivity contribution in [3.63, 3.8) is 0 Å². The van der Waals surface area contributed by atoms with Crippen molar-refractivity contribution in [2.24, 2.45) is 0 Å². The predicted octanol–water partition coefficient (Wildman–Crippen LogP) is 3.95. The van der Waals surface area contributed by atoms with Gasteiger partial charge in [-0.2, -0.15) is 0 Å². The Morgan fingerprint density at radius 3 is 2.76 bits per heavy atom. The Hall–Kier alpha value is -1.75. The number of pyridine rings is 1. The predicted molar refractivity (Wildman–Crippen MR) is 83.5 cm³/mol. The minimum Gasteiger partial charge on any atom is -0.333 e. The summed E-state index contributed by atoms with van der Waals surface area (Å²) in [6.45, 7) is 4.61. The molecule has 1 aromatic heterocycles. The van der Waals surface area contributed by atoms with Gasteiger partial charge in [-0.1, -0.05) is 22.0 Å². The lowest BCUT2D eigenvalue weighted by Crippen LogP contribution is -2.31. The molecule has 0 unspecified atom stereocenters. The first-order valence-corrected chi connectivity index (χ1v) is 7.47. The van der Waals surface area contributed by atoms with E-state index in [1.807, 2.05) is 32.0 Å². The second-order valence-electron chi connectivity index (χ2n) is 4.71. The SMILES string of the molecule is CCN(Cc1cccc(C)n1)C(=O)c1cc(Br)ccc1F. The molecule has 0 fully saturated rings. The van der Waals surface area contributed by atoms with Crippen LogP contribution in [0, 0.1) is 12.7 Å². The molecular weight excluding hydrogens is 335 g/mol. The van der Waals surface area contributed by atoms with E-state index >= 15 is 0 Å². The third-order valence-corrected chi connectivity index (χ3v) is 3.62. The third kappa shape index (κ3) is 3.88. The first-order chi connectivity index (χ1) is 10.0. The van der Waals surface area contributed by atoms with Gasteiger partial charge in [0, 0.05) is 16.7 Å². The van der Waals surface area contributed by atoms with Crippen LogP contribution in [-0.4, -0.2) is 22.3 Å². The highest BCUT2D eigenvalue weighted by molar-refractivity contribution is 9.10. The number of hydrogen-bond acceptors (Lipinski definition) is 2. The lowest BCUT2D eigenvalue weighted by Gasteiger charge is -2.21. The minimum absolute atomic E-state index is 0.0684. The molecule has 3 nitrogen and oxygen atoms in total. The van der Waals surface area contributed by atoms with E-state index in [9.17, 15) is 9.18 Å². The van der Waals surface area contributed by atoms with Gasteiger partial charge in [-0.3, -0.25) is 9.78 Å². The average molecular weight is 351 g/mol. The van der Waals surface area contributed by atoms with Crippen molar-refractivity contribution in [3.05, 3.63) is 63.6 Å². The van der Waals surface area contributed by atoms with Gasteiger partial charge in [0.15, 0.2) is 0 Å². The third-order valence-electron chi connectivity index (χ3n) is 3.13. The fourth-order valence-corrected chi connectivity index (χ4v) is 2.40. The number of halogens is 2. The molecule has 1 heterocycles. The van der Waals surface area contributed by atoms with Crippen LogP contribution in [0.5, 0.6) is 0 Å². The Kier molecular flexibility index (Phi) is 5.07. The summed E-state index contributed by atoms with van der Waals surface area (Å²) >= 11 is 3.26. The van der Waals surface area contributed by atoms with Crippen LogP contribution >= 0.6 is 15.9 Å². The lowest BCUT2D eigenvalue weighted by molar-refractivity contribution is 0.0745. The molecular formula is C16H16BrFN2O. The van der Waals surface area contributed by atoms with Crippen LogP contribution in [0.2, 0.25) is 0 Å². The number of carbonyl (C=O) groups is 1. The van der Waals surface area contributed by atoms with Crippen LogP contribution in [0.15, 0.2) is 40.9 Å². The van der Waals surface area contributed by atoms with E-state index in [1.165, 1.54) is 12.1 Å². The fraction of sp³-hybridized carbons (Fsp3) is 0.250. The maximum atomic E-state index is 13.8. The van der Waals surface area contributed by atoms with Crippen LogP contribution in [0.25, 0.3) is 0 Å². The highest BCUT2D eigenvalue weighted by Crippen LogP contribution is 2.18. The number of hydrogen-bond donors (Lipinski definition) is 0. The first-order valence-electron chi connectivity index (χ1n) is 6.68. The van der Waals surface area contributed by atoms with Crippen LogP contribution in [0.1, 0.15) is 28.7 Å². The normalized spacial score (nSPS) is 10.5. The molecule has 5 heteroatoms. The Labute approximate surface area is 131 Å². The Morgan fingerprint density at radius 2 is 2.10 bits per heavy atom. The first kappa shape index (κ1) is 15.6. The Bertz CT molecular complexity index is 660. The van der Waals surface area contributed by atoms with Crippen molar-refractivity contribution in [2.75, 3.05) is 6.54 Å². The molecule has 1 amide bonds. The average Bonchev–Trinajstić information content (AvgIpc) is 2.46. The van der Waals surface area contributed by atoms with Gasteiger partial charge in [0.05, 0.1) is 17.8 Å². The van der Waals surface area contributed by atoms with Crippen LogP contribution in [0.3, 0.4) is 0 Å². The summed E-state index contributed by atoms with van der Waals surface area (Å²) in [5.41, 5.74) is 1.75. The van der Waals surface area contributed by atoms with Crippen LogP contribution in [0.4, 0.5) is 4.39 Å². The Balaban J connectivity index is 2.24. The monoisotopic (exact) mass is 350 g/mol. The van der Waals surface area contributed by atoms with Crippen LogP contribution in [-0.2, 0) is 6.54 Å². The zero-order valence-corrected chi connectivity index (χ0v) is 13.5. The number of carbonyl (C=O) groups excluding carboxylic acids is 1. The molecule has 21 heavy (non-hydrogen) atoms. The van der Waals surface area contributed by atoms with E-state index in [4.69, 9.17) is 0 Å².